The van der Waals surface area contributed by atoms with Gasteiger partial charge in [-0.2, -0.15) is 0 Å². The minimum Gasteiger partial charge on any atom is -1.00 e. The van der Waals surface area contributed by atoms with Crippen LogP contribution >= 0.6 is 0 Å². The standard InChI is InChI=1S/C12H14O13.K.3Na.4H/c13-5(14)1-11(24,9(20)21)4-8(19)25-12(10(22)23,2-6(15)16)3-7(17)18;;;;;;;;/h24H,1-4H2,(H,13,14)(H,15,16)(H,17,18)(H,20,21)(H,22,23);;;;;;;;/q;4*+1;4*-1. The number of carboxylic acid groups (broad SMARTS) is 5. The third-order valence-corrected chi connectivity index (χ3v) is 2.85. The van der Waals surface area contributed by atoms with Crippen molar-refractivity contribution in [2.24, 2.45) is 0 Å². The fourth-order valence-electron chi connectivity index (χ4n) is 1.77. The molecule has 0 radical (unpaired) electrons. The average Bonchev–Trinajstić information content (AvgIpc) is 2.34. The molecule has 0 spiro atoms. The molecule has 13 nitrogen and oxygen atoms in total. The molecule has 148 valence electrons. The van der Waals surface area contributed by atoms with Crippen molar-refractivity contribution in [3.05, 3.63) is 0 Å². The summed E-state index contributed by atoms with van der Waals surface area (Å²) in [5.41, 5.74) is -6.24. The summed E-state index contributed by atoms with van der Waals surface area (Å²) >= 11 is 0. The van der Waals surface area contributed by atoms with E-state index in [4.69, 9.17) is 25.5 Å². The van der Waals surface area contributed by atoms with Crippen LogP contribution in [0.5, 0.6) is 0 Å². The van der Waals surface area contributed by atoms with Gasteiger partial charge in [-0.05, 0) is 0 Å². The van der Waals surface area contributed by atoms with Gasteiger partial charge in [-0.3, -0.25) is 19.2 Å². The largest absolute Gasteiger partial charge is 1.00 e. The summed E-state index contributed by atoms with van der Waals surface area (Å²) < 4.78 is 4.33. The van der Waals surface area contributed by atoms with Crippen LogP contribution < -0.4 is 140 Å². The number of carboxylic acids is 5. The number of aliphatic carboxylic acids is 5. The molecule has 6 N–H and O–H groups in total. The summed E-state index contributed by atoms with van der Waals surface area (Å²) in [6, 6.07) is 0. The zero-order valence-electron chi connectivity index (χ0n) is 20.4. The van der Waals surface area contributed by atoms with Gasteiger partial charge in [0.25, 0.3) is 0 Å². The molecule has 0 fully saturated rings. The Kier molecular flexibility index (Phi) is 25.2. The third kappa shape index (κ3) is 15.0. The fourth-order valence-corrected chi connectivity index (χ4v) is 1.77. The number of esters is 1. The van der Waals surface area contributed by atoms with Gasteiger partial charge in [-0.25, -0.2) is 9.59 Å². The molecule has 1 atom stereocenters. The van der Waals surface area contributed by atoms with E-state index in [2.05, 4.69) is 4.74 Å². The molecule has 1 unspecified atom stereocenters. The number of aliphatic hydroxyl groups is 1. The van der Waals surface area contributed by atoms with E-state index in [0.717, 1.165) is 0 Å². The van der Waals surface area contributed by atoms with Crippen molar-refractivity contribution in [1.29, 1.82) is 0 Å². The van der Waals surface area contributed by atoms with Crippen molar-refractivity contribution in [1.82, 2.24) is 0 Å². The van der Waals surface area contributed by atoms with Gasteiger partial charge in [-0.15, -0.1) is 0 Å². The van der Waals surface area contributed by atoms with E-state index >= 15 is 0 Å². The van der Waals surface area contributed by atoms with Crippen molar-refractivity contribution in [3.63, 3.8) is 0 Å². The van der Waals surface area contributed by atoms with E-state index in [-0.39, 0.29) is 146 Å². The minimum absolute atomic E-state index is 0. The van der Waals surface area contributed by atoms with E-state index in [0.29, 0.717) is 0 Å². The summed E-state index contributed by atoms with van der Waals surface area (Å²) in [6.45, 7) is 0. The van der Waals surface area contributed by atoms with Crippen molar-refractivity contribution in [2.45, 2.75) is 36.9 Å². The Hall–Kier alpha value is 1.42. The Bertz CT molecular complexity index is 628. The molecule has 0 heterocycles. The van der Waals surface area contributed by atoms with E-state index in [1.165, 1.54) is 0 Å². The van der Waals surface area contributed by atoms with Crippen LogP contribution in [0.1, 0.15) is 31.4 Å². The second-order valence-corrected chi connectivity index (χ2v) is 5.00. The molecule has 0 aliphatic heterocycles. The number of hydrogen-bond acceptors (Lipinski definition) is 8. The van der Waals surface area contributed by atoms with Crippen molar-refractivity contribution < 1.29 is 210 Å². The minimum atomic E-state index is -3.17. The molecule has 0 aromatic carbocycles. The second-order valence-electron chi connectivity index (χ2n) is 5.00. The van der Waals surface area contributed by atoms with Gasteiger partial charge in [0.1, 0.15) is 0 Å². The van der Waals surface area contributed by atoms with Crippen LogP contribution in [0.15, 0.2) is 0 Å². The van der Waals surface area contributed by atoms with Crippen LogP contribution in [0.2, 0.25) is 0 Å². The first-order valence-electron chi connectivity index (χ1n) is 6.30. The van der Waals surface area contributed by atoms with E-state index in [1.54, 1.807) is 0 Å². The number of hydrogen-bond donors (Lipinski definition) is 6. The van der Waals surface area contributed by atoms with Gasteiger partial charge in [0, 0.05) is 0 Å². The van der Waals surface area contributed by atoms with E-state index in [9.17, 15) is 33.9 Å². The van der Waals surface area contributed by atoms with Crippen LogP contribution in [0.4, 0.5) is 0 Å². The fraction of sp³-hybridized carbons (Fsp3) is 0.500. The van der Waals surface area contributed by atoms with Gasteiger partial charge in [0.05, 0.1) is 25.7 Å². The molecule has 0 aromatic rings. The molecule has 0 bridgehead atoms. The average molecular weight is 478 g/mol. The zero-order valence-corrected chi connectivity index (χ0v) is 25.5. The van der Waals surface area contributed by atoms with Gasteiger partial charge in [0.15, 0.2) is 5.60 Å². The maximum Gasteiger partial charge on any atom is 1.00 e. The van der Waals surface area contributed by atoms with Crippen molar-refractivity contribution in [3.8, 4) is 0 Å². The van der Waals surface area contributed by atoms with Gasteiger partial charge >= 0.3 is 176 Å². The van der Waals surface area contributed by atoms with Crippen LogP contribution in [0.25, 0.3) is 0 Å². The van der Waals surface area contributed by atoms with Crippen molar-refractivity contribution in [2.75, 3.05) is 0 Å². The van der Waals surface area contributed by atoms with E-state index < -0.39 is 72.7 Å². The normalized spacial score (nSPS) is 11.5. The van der Waals surface area contributed by atoms with Gasteiger partial charge in [0.2, 0.25) is 5.60 Å². The van der Waals surface area contributed by atoms with Crippen LogP contribution in [-0.4, -0.2) is 77.7 Å². The summed E-state index contributed by atoms with van der Waals surface area (Å²) in [6.07, 6.45) is -5.94. The molecule has 17 heteroatoms. The quantitative estimate of drug-likeness (QED) is 0.120. The molecule has 0 amide bonds. The molecule has 29 heavy (non-hydrogen) atoms. The Balaban J connectivity index is -0.000000103. The number of rotatable bonds is 11. The Morgan fingerprint density at radius 2 is 1.00 bits per heavy atom. The van der Waals surface area contributed by atoms with Gasteiger partial charge < -0.3 is 41.1 Å². The summed E-state index contributed by atoms with van der Waals surface area (Å²) in [5, 5.41) is 53.5. The monoisotopic (exact) mass is 478 g/mol. The van der Waals surface area contributed by atoms with Crippen LogP contribution in [0.3, 0.4) is 0 Å². The first kappa shape index (κ1) is 40.7. The topological polar surface area (TPSA) is 233 Å². The first-order valence-corrected chi connectivity index (χ1v) is 6.30. The molecule has 0 aliphatic rings. The second kappa shape index (κ2) is 17.9. The molecule has 0 saturated carbocycles. The van der Waals surface area contributed by atoms with E-state index in [1.807, 2.05) is 0 Å². The predicted octanol–water partition coefficient (Wildman–Crippen LogP) is -13.6. The summed E-state index contributed by atoms with van der Waals surface area (Å²) in [4.78, 5) is 66.0. The zero-order chi connectivity index (χ0) is 20.0. The molecular weight excluding hydrogens is 460 g/mol. The molecule has 0 aliphatic carbocycles. The van der Waals surface area contributed by atoms with Crippen LogP contribution in [0, 0.1) is 0 Å². The number of carbonyl (C=O) groups is 6. The molecule has 0 aromatic heterocycles. The number of ether oxygens (including phenoxy) is 1. The Morgan fingerprint density at radius 1 is 0.655 bits per heavy atom. The maximum absolute atomic E-state index is 11.7. The summed E-state index contributed by atoms with van der Waals surface area (Å²) in [5.74, 6) is -11.6. The van der Waals surface area contributed by atoms with Gasteiger partial charge in [-0.1, -0.05) is 0 Å². The van der Waals surface area contributed by atoms with Crippen molar-refractivity contribution >= 4 is 35.8 Å². The Labute approximate surface area is 278 Å². The smallest absolute Gasteiger partial charge is 1.00 e. The third-order valence-electron chi connectivity index (χ3n) is 2.85. The number of carbonyl (C=O) groups excluding carboxylic acids is 1. The maximum atomic E-state index is 11.7. The first-order chi connectivity index (χ1) is 11.2. The SMILES string of the molecule is O=C(O)CC(O)(CC(=O)OC(CC(=O)O)(CC(=O)O)C(=O)O)C(=O)O.[H-].[H-].[H-].[H-].[K+].[Na+].[Na+].[Na+]. The van der Waals surface area contributed by atoms with Crippen LogP contribution in [-0.2, 0) is 33.5 Å². The molecular formula is C12H18KNa3O13. The molecule has 0 rings (SSSR count). The Morgan fingerprint density at radius 3 is 1.24 bits per heavy atom. The predicted molar refractivity (Wildman–Crippen MR) is 74.9 cm³/mol. The molecule has 0 saturated heterocycles. The summed E-state index contributed by atoms with van der Waals surface area (Å²) in [7, 11) is 0.